The van der Waals surface area contributed by atoms with Crippen LogP contribution < -0.4 is 9.64 Å². The second kappa shape index (κ2) is 12.1. The lowest BCUT2D eigenvalue weighted by atomic mass is 9.83. The number of hydrogen-bond donors (Lipinski definition) is 0. The maximum atomic E-state index is 13.3. The van der Waals surface area contributed by atoms with Gasteiger partial charge in [0.05, 0.1) is 35.0 Å². The molecule has 0 radical (unpaired) electrons. The van der Waals surface area contributed by atoms with E-state index in [1.807, 2.05) is 24.3 Å². The SMILES string of the molecule is CCOC(=O)C1=C(C)N(CC(=O)N2CCN(c3ccccc3OC)CC2)C(=O)CC1c1ccc(Cl)c(Cl)c1. The monoisotopic (exact) mass is 559 g/mol. The average Bonchev–Trinajstić information content (AvgIpc) is 2.92. The van der Waals surface area contributed by atoms with E-state index in [2.05, 4.69) is 4.90 Å². The third-order valence-corrected chi connectivity index (χ3v) is 7.75. The van der Waals surface area contributed by atoms with Crippen LogP contribution in [0, 0.1) is 0 Å². The highest BCUT2D eigenvalue weighted by Crippen LogP contribution is 2.39. The predicted molar refractivity (Wildman–Crippen MR) is 147 cm³/mol. The Hall–Kier alpha value is -3.23. The van der Waals surface area contributed by atoms with Crippen LogP contribution in [-0.4, -0.2) is 74.0 Å². The van der Waals surface area contributed by atoms with E-state index in [4.69, 9.17) is 32.7 Å². The molecule has 38 heavy (non-hydrogen) atoms. The van der Waals surface area contributed by atoms with Crippen LogP contribution in [0.15, 0.2) is 53.7 Å². The van der Waals surface area contributed by atoms with E-state index in [-0.39, 0.29) is 31.4 Å². The van der Waals surface area contributed by atoms with Crippen molar-refractivity contribution in [1.82, 2.24) is 9.80 Å². The van der Waals surface area contributed by atoms with Crippen molar-refractivity contribution in [2.24, 2.45) is 0 Å². The molecule has 1 saturated heterocycles. The molecule has 0 aromatic heterocycles. The minimum atomic E-state index is -0.549. The molecule has 4 rings (SSSR count). The number of ether oxygens (including phenoxy) is 2. The van der Waals surface area contributed by atoms with Crippen LogP contribution in [0.3, 0.4) is 0 Å². The van der Waals surface area contributed by atoms with E-state index >= 15 is 0 Å². The zero-order valence-corrected chi connectivity index (χ0v) is 23.2. The number of esters is 1. The molecule has 202 valence electrons. The second-order valence-electron chi connectivity index (χ2n) is 9.17. The van der Waals surface area contributed by atoms with Gasteiger partial charge in [-0.1, -0.05) is 41.4 Å². The number of halogens is 2. The molecule has 0 aliphatic carbocycles. The molecule has 1 fully saturated rings. The molecule has 0 saturated carbocycles. The van der Waals surface area contributed by atoms with Gasteiger partial charge in [0.2, 0.25) is 11.8 Å². The van der Waals surface area contributed by atoms with Crippen molar-refractivity contribution in [1.29, 1.82) is 0 Å². The van der Waals surface area contributed by atoms with Crippen LogP contribution in [-0.2, 0) is 19.1 Å². The van der Waals surface area contributed by atoms with Gasteiger partial charge >= 0.3 is 5.97 Å². The molecule has 2 heterocycles. The van der Waals surface area contributed by atoms with Crippen LogP contribution in [0.5, 0.6) is 5.75 Å². The third kappa shape index (κ3) is 5.76. The van der Waals surface area contributed by atoms with E-state index in [0.29, 0.717) is 53.1 Å². The second-order valence-corrected chi connectivity index (χ2v) is 9.98. The minimum Gasteiger partial charge on any atom is -0.495 e. The number of piperazine rings is 1. The van der Waals surface area contributed by atoms with E-state index in [0.717, 1.165) is 11.4 Å². The quantitative estimate of drug-likeness (QED) is 0.464. The molecule has 2 amide bonds. The van der Waals surface area contributed by atoms with Gasteiger partial charge in [-0.25, -0.2) is 4.79 Å². The summed E-state index contributed by atoms with van der Waals surface area (Å²) in [6.07, 6.45) is 0.0122. The summed E-state index contributed by atoms with van der Waals surface area (Å²) in [5, 5.41) is 0.719. The first-order valence-corrected chi connectivity index (χ1v) is 13.3. The van der Waals surface area contributed by atoms with Gasteiger partial charge in [0, 0.05) is 44.2 Å². The Morgan fingerprint density at radius 2 is 1.74 bits per heavy atom. The largest absolute Gasteiger partial charge is 0.495 e. The number of methoxy groups -OCH3 is 1. The molecule has 1 unspecified atom stereocenters. The summed E-state index contributed by atoms with van der Waals surface area (Å²) in [7, 11) is 1.64. The average molecular weight is 560 g/mol. The fraction of sp³-hybridized carbons (Fsp3) is 0.393. The third-order valence-electron chi connectivity index (χ3n) is 7.02. The molecule has 2 aliphatic rings. The lowest BCUT2D eigenvalue weighted by Gasteiger charge is -2.39. The topological polar surface area (TPSA) is 79.4 Å². The Morgan fingerprint density at radius 3 is 2.39 bits per heavy atom. The Morgan fingerprint density at radius 1 is 1.03 bits per heavy atom. The normalized spacial score (nSPS) is 18.1. The van der Waals surface area contributed by atoms with Crippen LogP contribution in [0.25, 0.3) is 0 Å². The van der Waals surface area contributed by atoms with Crippen molar-refractivity contribution in [3.8, 4) is 5.75 Å². The Bertz CT molecular complexity index is 1260. The van der Waals surface area contributed by atoms with Crippen molar-refractivity contribution in [2.45, 2.75) is 26.2 Å². The molecule has 8 nitrogen and oxygen atoms in total. The molecule has 1 atom stereocenters. The molecule has 2 aliphatic heterocycles. The first-order chi connectivity index (χ1) is 18.2. The number of anilines is 1. The van der Waals surface area contributed by atoms with Gasteiger partial charge in [-0.2, -0.15) is 0 Å². The first kappa shape index (κ1) is 27.8. The number of rotatable bonds is 7. The molecular formula is C28H31Cl2N3O5. The maximum absolute atomic E-state index is 13.3. The van der Waals surface area contributed by atoms with Crippen LogP contribution in [0.2, 0.25) is 10.0 Å². The number of hydrogen-bond acceptors (Lipinski definition) is 6. The number of para-hydroxylation sites is 2. The number of amides is 2. The molecule has 0 spiro atoms. The molecular weight excluding hydrogens is 529 g/mol. The van der Waals surface area contributed by atoms with Crippen molar-refractivity contribution in [2.75, 3.05) is 51.3 Å². The maximum Gasteiger partial charge on any atom is 0.336 e. The van der Waals surface area contributed by atoms with Gasteiger partial charge in [0.25, 0.3) is 0 Å². The highest BCUT2D eigenvalue weighted by atomic mass is 35.5. The van der Waals surface area contributed by atoms with Gasteiger partial charge < -0.3 is 24.2 Å². The fourth-order valence-corrected chi connectivity index (χ4v) is 5.32. The predicted octanol–water partition coefficient (Wildman–Crippen LogP) is 4.50. The van der Waals surface area contributed by atoms with E-state index in [1.54, 1.807) is 44.1 Å². The molecule has 0 bridgehead atoms. The summed E-state index contributed by atoms with van der Waals surface area (Å²) in [4.78, 5) is 44.9. The van der Waals surface area contributed by atoms with Gasteiger partial charge in [0.15, 0.2) is 0 Å². The zero-order valence-electron chi connectivity index (χ0n) is 21.7. The number of carbonyl (C=O) groups excluding carboxylic acids is 3. The molecule has 2 aromatic carbocycles. The summed E-state index contributed by atoms with van der Waals surface area (Å²) >= 11 is 12.3. The summed E-state index contributed by atoms with van der Waals surface area (Å²) in [5.41, 5.74) is 2.43. The van der Waals surface area contributed by atoms with E-state index < -0.39 is 11.9 Å². The Balaban J connectivity index is 1.52. The van der Waals surface area contributed by atoms with Gasteiger partial charge in [0.1, 0.15) is 12.3 Å². The van der Waals surface area contributed by atoms with Gasteiger partial charge in [-0.15, -0.1) is 0 Å². The lowest BCUT2D eigenvalue weighted by molar-refractivity contribution is -0.142. The smallest absolute Gasteiger partial charge is 0.336 e. The summed E-state index contributed by atoms with van der Waals surface area (Å²) < 4.78 is 10.8. The minimum absolute atomic E-state index is 0.0122. The summed E-state index contributed by atoms with van der Waals surface area (Å²) in [6.45, 7) is 5.76. The number of carbonyl (C=O) groups is 3. The number of nitrogens with zero attached hydrogens (tertiary/aromatic N) is 3. The Kier molecular flexibility index (Phi) is 8.84. The fourth-order valence-electron chi connectivity index (χ4n) is 5.01. The van der Waals surface area contributed by atoms with Crippen molar-refractivity contribution < 1.29 is 23.9 Å². The number of benzene rings is 2. The first-order valence-electron chi connectivity index (χ1n) is 12.5. The van der Waals surface area contributed by atoms with E-state index in [1.165, 1.54) is 4.90 Å². The zero-order chi connectivity index (χ0) is 27.4. The van der Waals surface area contributed by atoms with Crippen LogP contribution in [0.4, 0.5) is 5.69 Å². The molecule has 10 heteroatoms. The van der Waals surface area contributed by atoms with Crippen molar-refractivity contribution in [3.05, 3.63) is 69.3 Å². The summed E-state index contributed by atoms with van der Waals surface area (Å²) in [6, 6.07) is 12.8. The molecule has 0 N–H and O–H groups in total. The number of allylic oxidation sites excluding steroid dienone is 1. The highest BCUT2D eigenvalue weighted by Gasteiger charge is 2.38. The highest BCUT2D eigenvalue weighted by molar-refractivity contribution is 6.42. The van der Waals surface area contributed by atoms with Crippen LogP contribution >= 0.6 is 23.2 Å². The molecule has 2 aromatic rings. The van der Waals surface area contributed by atoms with Crippen LogP contribution in [0.1, 0.15) is 31.7 Å². The lowest BCUT2D eigenvalue weighted by Crippen LogP contribution is -2.52. The Labute approximate surface area is 232 Å². The van der Waals surface area contributed by atoms with Crippen molar-refractivity contribution in [3.63, 3.8) is 0 Å². The van der Waals surface area contributed by atoms with Gasteiger partial charge in [-0.05, 0) is 43.7 Å². The van der Waals surface area contributed by atoms with E-state index in [9.17, 15) is 14.4 Å². The standard InChI is InChI=1S/C28H31Cl2N3O5/c1-4-38-28(36)27-18(2)33(25(34)16-20(27)19-9-10-21(29)22(30)15-19)17-26(35)32-13-11-31(12-14-32)23-7-5-6-8-24(23)37-3/h5-10,15,20H,4,11-14,16-17H2,1-3H3. The van der Waals surface area contributed by atoms with Crippen molar-refractivity contribution >= 4 is 46.7 Å². The van der Waals surface area contributed by atoms with Gasteiger partial charge in [-0.3, -0.25) is 9.59 Å². The summed E-state index contributed by atoms with van der Waals surface area (Å²) in [5.74, 6) is -0.695.